The highest BCUT2D eigenvalue weighted by atomic mass is 19.1. The van der Waals surface area contributed by atoms with Gasteiger partial charge in [-0.1, -0.05) is 12.1 Å². The van der Waals surface area contributed by atoms with Crippen LogP contribution in [0.25, 0.3) is 5.65 Å². The molecule has 1 aliphatic rings. The van der Waals surface area contributed by atoms with E-state index in [1.165, 1.54) is 12.1 Å². The molecule has 1 aromatic carbocycles. The molecule has 1 saturated heterocycles. The van der Waals surface area contributed by atoms with Crippen molar-refractivity contribution in [2.75, 3.05) is 26.2 Å². The number of halogens is 1. The maximum Gasteiger partial charge on any atom is 0.255 e. The number of hydrogen-bond acceptors (Lipinski definition) is 4. The van der Waals surface area contributed by atoms with E-state index >= 15 is 0 Å². The minimum atomic E-state index is -0.216. The lowest BCUT2D eigenvalue weighted by molar-refractivity contribution is 0.0760. The van der Waals surface area contributed by atoms with Gasteiger partial charge in [-0.15, -0.1) is 10.2 Å². The number of amides is 1. The van der Waals surface area contributed by atoms with Crippen molar-refractivity contribution in [1.29, 1.82) is 0 Å². The van der Waals surface area contributed by atoms with E-state index in [1.54, 1.807) is 0 Å². The van der Waals surface area contributed by atoms with Crippen LogP contribution in [0.3, 0.4) is 0 Å². The van der Waals surface area contributed by atoms with Gasteiger partial charge in [0, 0.05) is 38.9 Å². The Bertz CT molecular complexity index is 953. The molecular weight excluding hydrogens is 345 g/mol. The summed E-state index contributed by atoms with van der Waals surface area (Å²) in [4.78, 5) is 17.2. The van der Waals surface area contributed by atoms with E-state index in [9.17, 15) is 9.18 Å². The van der Waals surface area contributed by atoms with E-state index in [2.05, 4.69) is 15.1 Å². The molecule has 0 unspecified atom stereocenters. The molecule has 6 nitrogen and oxygen atoms in total. The molecule has 0 N–H and O–H groups in total. The fourth-order valence-electron chi connectivity index (χ4n) is 3.49. The number of nitrogens with zero attached hydrogens (tertiary/aromatic N) is 5. The number of benzene rings is 1. The first-order valence-corrected chi connectivity index (χ1v) is 9.17. The van der Waals surface area contributed by atoms with Crippen molar-refractivity contribution in [3.63, 3.8) is 0 Å². The zero-order chi connectivity index (χ0) is 18.8. The van der Waals surface area contributed by atoms with Crippen LogP contribution >= 0.6 is 0 Å². The van der Waals surface area contributed by atoms with Gasteiger partial charge in [0.15, 0.2) is 5.65 Å². The van der Waals surface area contributed by atoms with Crippen molar-refractivity contribution in [1.82, 2.24) is 24.4 Å². The van der Waals surface area contributed by atoms with Crippen molar-refractivity contribution in [2.24, 2.45) is 0 Å². The number of fused-ring (bicyclic) bond motifs is 1. The molecule has 140 valence electrons. The van der Waals surface area contributed by atoms with Gasteiger partial charge >= 0.3 is 0 Å². The van der Waals surface area contributed by atoms with Gasteiger partial charge in [0.05, 0.1) is 5.56 Å². The molecule has 3 aromatic rings. The minimum absolute atomic E-state index is 0.0358. The van der Waals surface area contributed by atoms with E-state index in [1.807, 2.05) is 46.7 Å². The standard InChI is InChI=1S/C20H22FN5O/c1-15-22-23-19-8-5-17(14-26(15)19)20(27)25-10-2-9-24(11-12-25)13-16-3-6-18(21)7-4-16/h3-8,14H,2,9-13H2,1H3. The smallest absolute Gasteiger partial charge is 0.255 e. The second-order valence-corrected chi connectivity index (χ2v) is 6.94. The number of rotatable bonds is 3. The molecule has 7 heteroatoms. The number of carbonyl (C=O) groups is 1. The second-order valence-electron chi connectivity index (χ2n) is 6.94. The highest BCUT2D eigenvalue weighted by Crippen LogP contribution is 2.14. The molecule has 0 bridgehead atoms. The predicted molar refractivity (Wildman–Crippen MR) is 99.9 cm³/mol. The monoisotopic (exact) mass is 367 g/mol. The summed E-state index contributed by atoms with van der Waals surface area (Å²) in [7, 11) is 0. The van der Waals surface area contributed by atoms with Gasteiger partial charge in [0.2, 0.25) is 0 Å². The van der Waals surface area contributed by atoms with Crippen LogP contribution in [0.2, 0.25) is 0 Å². The van der Waals surface area contributed by atoms with Crippen molar-refractivity contribution in [2.45, 2.75) is 19.9 Å². The van der Waals surface area contributed by atoms with Crippen LogP contribution in [0.5, 0.6) is 0 Å². The lowest BCUT2D eigenvalue weighted by atomic mass is 10.2. The van der Waals surface area contributed by atoms with Crippen LogP contribution in [0.4, 0.5) is 4.39 Å². The predicted octanol–water partition coefficient (Wildman–Crippen LogP) is 2.52. The van der Waals surface area contributed by atoms with Crippen LogP contribution in [-0.2, 0) is 6.54 Å². The van der Waals surface area contributed by atoms with Gasteiger partial charge in [0.25, 0.3) is 5.91 Å². The van der Waals surface area contributed by atoms with Gasteiger partial charge in [0.1, 0.15) is 11.6 Å². The third-order valence-corrected chi connectivity index (χ3v) is 5.01. The van der Waals surface area contributed by atoms with Crippen molar-refractivity contribution >= 4 is 11.6 Å². The molecule has 0 saturated carbocycles. The Hall–Kier alpha value is -2.80. The molecule has 0 spiro atoms. The molecule has 27 heavy (non-hydrogen) atoms. The summed E-state index contributed by atoms with van der Waals surface area (Å²) in [6, 6.07) is 10.3. The Balaban J connectivity index is 1.42. The Morgan fingerprint density at radius 3 is 2.67 bits per heavy atom. The molecule has 3 heterocycles. The Morgan fingerprint density at radius 1 is 1.04 bits per heavy atom. The molecule has 0 atom stereocenters. The Kier molecular flexibility index (Phi) is 4.85. The molecule has 1 aliphatic heterocycles. The Labute approximate surface area is 157 Å². The largest absolute Gasteiger partial charge is 0.337 e. The third kappa shape index (κ3) is 3.83. The number of carbonyl (C=O) groups excluding carboxylic acids is 1. The van der Waals surface area contributed by atoms with Gasteiger partial charge < -0.3 is 4.90 Å². The van der Waals surface area contributed by atoms with E-state index in [4.69, 9.17) is 0 Å². The molecule has 0 radical (unpaired) electrons. The van der Waals surface area contributed by atoms with Gasteiger partial charge in [-0.05, 0) is 43.2 Å². The van der Waals surface area contributed by atoms with Gasteiger partial charge in [-0.3, -0.25) is 14.1 Å². The first-order chi connectivity index (χ1) is 13.1. The quantitative estimate of drug-likeness (QED) is 0.714. The summed E-state index contributed by atoms with van der Waals surface area (Å²) in [5.41, 5.74) is 2.48. The van der Waals surface area contributed by atoms with Crippen molar-refractivity contribution in [3.8, 4) is 0 Å². The fourth-order valence-corrected chi connectivity index (χ4v) is 3.49. The first-order valence-electron chi connectivity index (χ1n) is 9.17. The summed E-state index contributed by atoms with van der Waals surface area (Å²) in [6.07, 6.45) is 2.73. The Morgan fingerprint density at radius 2 is 1.85 bits per heavy atom. The molecule has 4 rings (SSSR count). The van der Waals surface area contributed by atoms with Crippen LogP contribution < -0.4 is 0 Å². The zero-order valence-corrected chi connectivity index (χ0v) is 15.3. The highest BCUT2D eigenvalue weighted by Gasteiger charge is 2.21. The lowest BCUT2D eigenvalue weighted by Crippen LogP contribution is -2.35. The second kappa shape index (κ2) is 7.44. The van der Waals surface area contributed by atoms with Crippen molar-refractivity contribution in [3.05, 3.63) is 65.4 Å². The van der Waals surface area contributed by atoms with Gasteiger partial charge in [-0.25, -0.2) is 4.39 Å². The third-order valence-electron chi connectivity index (χ3n) is 5.01. The van der Waals surface area contributed by atoms with E-state index in [0.29, 0.717) is 12.1 Å². The summed E-state index contributed by atoms with van der Waals surface area (Å²) < 4.78 is 14.9. The molecule has 1 fully saturated rings. The van der Waals surface area contributed by atoms with Crippen LogP contribution in [0, 0.1) is 12.7 Å². The molecule has 0 aliphatic carbocycles. The molecule has 1 amide bonds. The summed E-state index contributed by atoms with van der Waals surface area (Å²) in [5.74, 6) is 0.585. The normalized spacial score (nSPS) is 15.9. The molecular formula is C20H22FN5O. The van der Waals surface area contributed by atoms with Crippen LogP contribution in [-0.4, -0.2) is 56.5 Å². The average molecular weight is 367 g/mol. The lowest BCUT2D eigenvalue weighted by Gasteiger charge is -2.22. The van der Waals surface area contributed by atoms with Crippen LogP contribution in [0.1, 0.15) is 28.2 Å². The van der Waals surface area contributed by atoms with E-state index in [-0.39, 0.29) is 11.7 Å². The minimum Gasteiger partial charge on any atom is -0.337 e. The highest BCUT2D eigenvalue weighted by molar-refractivity contribution is 5.94. The first kappa shape index (κ1) is 17.6. The average Bonchev–Trinajstić information content (AvgIpc) is 2.89. The summed E-state index contributed by atoms with van der Waals surface area (Å²) >= 11 is 0. The maximum absolute atomic E-state index is 13.1. The van der Waals surface area contributed by atoms with E-state index in [0.717, 1.165) is 49.6 Å². The van der Waals surface area contributed by atoms with Gasteiger partial charge in [-0.2, -0.15) is 0 Å². The van der Waals surface area contributed by atoms with Crippen LogP contribution in [0.15, 0.2) is 42.6 Å². The molecule has 2 aromatic heterocycles. The number of pyridine rings is 1. The maximum atomic E-state index is 13.1. The number of hydrogen-bond donors (Lipinski definition) is 0. The van der Waals surface area contributed by atoms with Crippen molar-refractivity contribution < 1.29 is 9.18 Å². The topological polar surface area (TPSA) is 53.7 Å². The number of aryl methyl sites for hydroxylation is 1. The SMILES string of the molecule is Cc1nnc2ccc(C(=O)N3CCCN(Cc4ccc(F)cc4)CC3)cn12. The zero-order valence-electron chi connectivity index (χ0n) is 15.3. The number of aromatic nitrogens is 3. The fraction of sp³-hybridized carbons (Fsp3) is 0.350. The summed E-state index contributed by atoms with van der Waals surface area (Å²) in [6.45, 7) is 5.78. The van der Waals surface area contributed by atoms with E-state index < -0.39 is 0 Å². The summed E-state index contributed by atoms with van der Waals surface area (Å²) in [5, 5.41) is 8.10.